The van der Waals surface area contributed by atoms with Gasteiger partial charge in [-0.05, 0) is 66.7 Å². The Hall–Kier alpha value is -2.78. The number of benzene rings is 3. The van der Waals surface area contributed by atoms with Gasteiger partial charge in [-0.15, -0.1) is 0 Å². The highest BCUT2D eigenvalue weighted by atomic mass is 16.3. The molecule has 3 N–H and O–H groups in total. The fourth-order valence-electron chi connectivity index (χ4n) is 3.09. The van der Waals surface area contributed by atoms with E-state index in [2.05, 4.69) is 53.8 Å². The van der Waals surface area contributed by atoms with E-state index in [1.165, 1.54) is 22.8 Å². The first-order chi connectivity index (χ1) is 12.7. The summed E-state index contributed by atoms with van der Waals surface area (Å²) in [5.74, 6) is -0.130. The van der Waals surface area contributed by atoms with Crippen molar-refractivity contribution in [1.82, 2.24) is 5.32 Å². The molecule has 0 aliphatic heterocycles. The molecule has 0 saturated carbocycles. The Morgan fingerprint density at radius 2 is 1.31 bits per heavy atom. The number of hydrogen-bond donors (Lipinski definition) is 3. The topological polar surface area (TPSA) is 52.5 Å². The van der Waals surface area contributed by atoms with Crippen molar-refractivity contribution in [3.05, 3.63) is 95.1 Å². The largest absolute Gasteiger partial charge is 0.504 e. The van der Waals surface area contributed by atoms with Crippen LogP contribution in [0.2, 0.25) is 0 Å². The molecule has 0 spiro atoms. The summed E-state index contributed by atoms with van der Waals surface area (Å²) in [4.78, 5) is 0. The SMILES string of the molecule is Oc1ccc(CCNCCc2ccccc2Cc2ccccc2)cc1O. The zero-order valence-electron chi connectivity index (χ0n) is 14.9. The Morgan fingerprint density at radius 3 is 2.08 bits per heavy atom. The predicted molar refractivity (Wildman–Crippen MR) is 106 cm³/mol. The number of phenols is 2. The molecule has 3 heteroatoms. The lowest BCUT2D eigenvalue weighted by Crippen LogP contribution is -2.20. The van der Waals surface area contributed by atoms with E-state index in [1.54, 1.807) is 6.07 Å². The molecule has 0 fully saturated rings. The summed E-state index contributed by atoms with van der Waals surface area (Å²) < 4.78 is 0. The van der Waals surface area contributed by atoms with Crippen molar-refractivity contribution >= 4 is 0 Å². The van der Waals surface area contributed by atoms with E-state index in [4.69, 9.17) is 0 Å². The normalized spacial score (nSPS) is 10.8. The van der Waals surface area contributed by atoms with Gasteiger partial charge in [0.1, 0.15) is 0 Å². The predicted octanol–water partition coefficient (Wildman–Crippen LogP) is 4.06. The van der Waals surface area contributed by atoms with Crippen molar-refractivity contribution in [3.63, 3.8) is 0 Å². The van der Waals surface area contributed by atoms with Gasteiger partial charge in [-0.1, -0.05) is 60.7 Å². The molecular formula is C23H25NO2. The lowest BCUT2D eigenvalue weighted by atomic mass is 9.98. The van der Waals surface area contributed by atoms with Crippen LogP contribution in [0, 0.1) is 0 Å². The van der Waals surface area contributed by atoms with Gasteiger partial charge in [-0.2, -0.15) is 0 Å². The molecule has 0 heterocycles. The third-order valence-corrected chi connectivity index (χ3v) is 4.56. The van der Waals surface area contributed by atoms with Gasteiger partial charge in [0.05, 0.1) is 0 Å². The Kier molecular flexibility index (Phi) is 6.29. The summed E-state index contributed by atoms with van der Waals surface area (Å²) in [7, 11) is 0. The quantitative estimate of drug-likeness (QED) is 0.425. The monoisotopic (exact) mass is 347 g/mol. The van der Waals surface area contributed by atoms with E-state index in [0.717, 1.165) is 37.9 Å². The van der Waals surface area contributed by atoms with Crippen LogP contribution in [-0.4, -0.2) is 23.3 Å². The van der Waals surface area contributed by atoms with Crippen LogP contribution >= 0.6 is 0 Å². The summed E-state index contributed by atoms with van der Waals surface area (Å²) in [5.41, 5.74) is 5.10. The number of phenolic OH excluding ortho intramolecular Hbond substituents is 2. The minimum Gasteiger partial charge on any atom is -0.504 e. The van der Waals surface area contributed by atoms with Crippen LogP contribution in [0.1, 0.15) is 22.3 Å². The molecule has 3 aromatic carbocycles. The van der Waals surface area contributed by atoms with Gasteiger partial charge >= 0.3 is 0 Å². The maximum Gasteiger partial charge on any atom is 0.157 e. The van der Waals surface area contributed by atoms with Crippen LogP contribution in [0.5, 0.6) is 11.5 Å². The lowest BCUT2D eigenvalue weighted by Gasteiger charge is -2.11. The van der Waals surface area contributed by atoms with Crippen molar-refractivity contribution in [2.75, 3.05) is 13.1 Å². The molecule has 0 aliphatic carbocycles. The molecule has 0 bridgehead atoms. The van der Waals surface area contributed by atoms with E-state index in [1.807, 2.05) is 12.1 Å². The van der Waals surface area contributed by atoms with Crippen molar-refractivity contribution in [3.8, 4) is 11.5 Å². The van der Waals surface area contributed by atoms with Gasteiger partial charge in [-0.3, -0.25) is 0 Å². The van der Waals surface area contributed by atoms with Gasteiger partial charge in [0.15, 0.2) is 11.5 Å². The summed E-state index contributed by atoms with van der Waals surface area (Å²) in [6.07, 6.45) is 2.77. The number of nitrogens with one attached hydrogen (secondary N) is 1. The summed E-state index contributed by atoms with van der Waals surface area (Å²) in [6.45, 7) is 1.75. The second kappa shape index (κ2) is 9.07. The lowest BCUT2D eigenvalue weighted by molar-refractivity contribution is 0.403. The molecular weight excluding hydrogens is 322 g/mol. The Balaban J connectivity index is 1.48. The van der Waals surface area contributed by atoms with Crippen LogP contribution in [0.3, 0.4) is 0 Å². The second-order valence-electron chi connectivity index (χ2n) is 6.50. The fraction of sp³-hybridized carbons (Fsp3) is 0.217. The van der Waals surface area contributed by atoms with Crippen LogP contribution in [0.4, 0.5) is 0 Å². The highest BCUT2D eigenvalue weighted by Gasteiger charge is 2.04. The van der Waals surface area contributed by atoms with Crippen molar-refractivity contribution in [2.24, 2.45) is 0 Å². The van der Waals surface area contributed by atoms with E-state index in [-0.39, 0.29) is 11.5 Å². The molecule has 0 aromatic heterocycles. The maximum absolute atomic E-state index is 9.53. The van der Waals surface area contributed by atoms with Crippen LogP contribution < -0.4 is 5.32 Å². The smallest absolute Gasteiger partial charge is 0.157 e. The van der Waals surface area contributed by atoms with E-state index in [0.29, 0.717) is 0 Å². The van der Waals surface area contributed by atoms with Crippen LogP contribution in [0.15, 0.2) is 72.8 Å². The van der Waals surface area contributed by atoms with Crippen molar-refractivity contribution in [1.29, 1.82) is 0 Å². The molecule has 0 atom stereocenters. The molecule has 0 saturated heterocycles. The Morgan fingerprint density at radius 1 is 0.615 bits per heavy atom. The standard InChI is InChI=1S/C23H25NO2/c25-22-11-10-19(17-23(22)26)12-14-24-15-13-20-8-4-5-9-21(20)16-18-6-2-1-3-7-18/h1-11,17,24-26H,12-16H2. The average Bonchev–Trinajstić information content (AvgIpc) is 2.66. The Labute approximate surface area is 155 Å². The summed E-state index contributed by atoms with van der Waals surface area (Å²) in [6, 6.07) is 24.2. The molecule has 3 nitrogen and oxygen atoms in total. The first-order valence-electron chi connectivity index (χ1n) is 9.04. The third-order valence-electron chi connectivity index (χ3n) is 4.56. The molecule has 3 aromatic rings. The van der Waals surface area contributed by atoms with Gasteiger partial charge < -0.3 is 15.5 Å². The molecule has 3 rings (SSSR count). The molecule has 0 unspecified atom stereocenters. The maximum atomic E-state index is 9.53. The second-order valence-corrected chi connectivity index (χ2v) is 6.50. The highest BCUT2D eigenvalue weighted by molar-refractivity contribution is 5.40. The minimum atomic E-state index is -0.0725. The van der Waals surface area contributed by atoms with Crippen molar-refractivity contribution < 1.29 is 10.2 Å². The fourth-order valence-corrected chi connectivity index (χ4v) is 3.09. The first kappa shape index (κ1) is 18.0. The third kappa shape index (κ3) is 5.11. The first-order valence-corrected chi connectivity index (χ1v) is 9.04. The zero-order chi connectivity index (χ0) is 18.2. The van der Waals surface area contributed by atoms with Crippen LogP contribution in [0.25, 0.3) is 0 Å². The van der Waals surface area contributed by atoms with Crippen molar-refractivity contribution in [2.45, 2.75) is 19.3 Å². The summed E-state index contributed by atoms with van der Waals surface area (Å²) in [5, 5.41) is 22.3. The molecule has 134 valence electrons. The van der Waals surface area contributed by atoms with Gasteiger partial charge in [-0.25, -0.2) is 0 Å². The summed E-state index contributed by atoms with van der Waals surface area (Å²) >= 11 is 0. The average molecular weight is 347 g/mol. The molecule has 0 amide bonds. The minimum absolute atomic E-state index is 0.0580. The molecule has 26 heavy (non-hydrogen) atoms. The molecule has 0 aliphatic rings. The van der Waals surface area contributed by atoms with Gasteiger partial charge in [0, 0.05) is 0 Å². The van der Waals surface area contributed by atoms with Gasteiger partial charge in [0.2, 0.25) is 0 Å². The van der Waals surface area contributed by atoms with Crippen LogP contribution in [-0.2, 0) is 19.3 Å². The Bertz CT molecular complexity index is 831. The van der Waals surface area contributed by atoms with Gasteiger partial charge in [0.25, 0.3) is 0 Å². The number of aromatic hydroxyl groups is 2. The zero-order valence-corrected chi connectivity index (χ0v) is 14.9. The van der Waals surface area contributed by atoms with E-state index >= 15 is 0 Å². The molecule has 0 radical (unpaired) electrons. The number of rotatable bonds is 8. The van der Waals surface area contributed by atoms with E-state index in [9.17, 15) is 10.2 Å². The van der Waals surface area contributed by atoms with E-state index < -0.39 is 0 Å². The highest BCUT2D eigenvalue weighted by Crippen LogP contribution is 2.24. The number of hydrogen-bond acceptors (Lipinski definition) is 3.